The van der Waals surface area contributed by atoms with Gasteiger partial charge in [0.15, 0.2) is 11.7 Å². The second kappa shape index (κ2) is 9.55. The molecule has 0 aromatic rings. The van der Waals surface area contributed by atoms with Crippen LogP contribution in [0, 0.1) is 0 Å². The van der Waals surface area contributed by atoms with Gasteiger partial charge in [0.25, 0.3) is 5.91 Å². The Morgan fingerprint density at radius 2 is 2.12 bits per heavy atom. The van der Waals surface area contributed by atoms with E-state index in [-0.39, 0.29) is 36.3 Å². The number of aliphatic imine (C=N–C) groups is 1. The van der Waals surface area contributed by atoms with Crippen LogP contribution in [-0.4, -0.2) is 49.2 Å². The van der Waals surface area contributed by atoms with Crippen LogP contribution in [0.25, 0.3) is 0 Å². The largest absolute Gasteiger partial charge is 0.476 e. The molecule has 1 amide bonds. The first-order valence-corrected chi connectivity index (χ1v) is 8.04. The van der Waals surface area contributed by atoms with Crippen molar-refractivity contribution in [2.45, 2.75) is 26.8 Å². The number of hydrogen-bond acceptors (Lipinski definition) is 6. The maximum absolute atomic E-state index is 12.6. The Hall–Kier alpha value is -2.90. The van der Waals surface area contributed by atoms with Crippen molar-refractivity contribution in [2.24, 2.45) is 16.5 Å². The highest BCUT2D eigenvalue weighted by molar-refractivity contribution is 6.10. The molecule has 0 fully saturated rings. The van der Waals surface area contributed by atoms with E-state index in [4.69, 9.17) is 16.2 Å². The van der Waals surface area contributed by atoms with Gasteiger partial charge in [0.1, 0.15) is 13.3 Å². The highest BCUT2D eigenvalue weighted by Crippen LogP contribution is 2.25. The summed E-state index contributed by atoms with van der Waals surface area (Å²) in [6.45, 7) is 7.49. The molecule has 0 aromatic carbocycles. The van der Waals surface area contributed by atoms with Crippen LogP contribution in [0.2, 0.25) is 0 Å². The van der Waals surface area contributed by atoms with Crippen LogP contribution in [0.4, 0.5) is 4.39 Å². The van der Waals surface area contributed by atoms with Gasteiger partial charge < -0.3 is 21.1 Å². The van der Waals surface area contributed by atoms with Gasteiger partial charge in [-0.15, -0.1) is 0 Å². The minimum absolute atomic E-state index is 0.0637. The van der Waals surface area contributed by atoms with Crippen molar-refractivity contribution in [3.63, 3.8) is 0 Å². The zero-order valence-corrected chi connectivity index (χ0v) is 15.3. The van der Waals surface area contributed by atoms with Crippen molar-refractivity contribution < 1.29 is 18.7 Å². The first kappa shape index (κ1) is 21.1. The Morgan fingerprint density at radius 1 is 1.46 bits per heavy atom. The standard InChI is InChI=1S/C18H25FN4O3/c1-11(17(21)26-8-6-19)9-16(20)12(2)23-10-15(13(3)24)14(18(23)25)5-7-22-4/h5,7,9,12H,4,6,8,10,20-21H2,1-3H3/b7-5-,16-9-,17-11+. The number of Topliss-reactive ketones (excluding diaryl/α,β-unsaturated/α-hetero) is 1. The number of allylic oxidation sites excluding steroid dienone is 2. The number of halogens is 1. The summed E-state index contributed by atoms with van der Waals surface area (Å²) in [6.07, 6.45) is 4.39. The Kier molecular flexibility index (Phi) is 7.77. The van der Waals surface area contributed by atoms with E-state index < -0.39 is 12.7 Å². The lowest BCUT2D eigenvalue weighted by Crippen LogP contribution is -2.39. The third-order valence-corrected chi connectivity index (χ3v) is 3.97. The van der Waals surface area contributed by atoms with Gasteiger partial charge in [-0.3, -0.25) is 14.6 Å². The lowest BCUT2D eigenvalue weighted by molar-refractivity contribution is -0.126. The average molecular weight is 364 g/mol. The molecule has 1 heterocycles. The van der Waals surface area contributed by atoms with Crippen molar-refractivity contribution in [3.8, 4) is 0 Å². The monoisotopic (exact) mass is 364 g/mol. The van der Waals surface area contributed by atoms with Crippen molar-refractivity contribution >= 4 is 18.4 Å². The van der Waals surface area contributed by atoms with E-state index in [0.717, 1.165) is 0 Å². The summed E-state index contributed by atoms with van der Waals surface area (Å²) in [7, 11) is 0. The molecule has 142 valence electrons. The number of alkyl halides is 1. The zero-order valence-electron chi connectivity index (χ0n) is 15.3. The normalized spacial score (nSPS) is 17.6. The van der Waals surface area contributed by atoms with E-state index in [1.165, 1.54) is 24.1 Å². The topological polar surface area (TPSA) is 111 Å². The zero-order chi connectivity index (χ0) is 19.9. The van der Waals surface area contributed by atoms with E-state index >= 15 is 0 Å². The minimum atomic E-state index is -0.652. The minimum Gasteiger partial charge on any atom is -0.476 e. The highest BCUT2D eigenvalue weighted by atomic mass is 19.1. The van der Waals surface area contributed by atoms with Crippen LogP contribution in [0.15, 0.2) is 51.6 Å². The fourth-order valence-electron chi connectivity index (χ4n) is 2.41. The van der Waals surface area contributed by atoms with Gasteiger partial charge in [0, 0.05) is 28.6 Å². The summed E-state index contributed by atoms with van der Waals surface area (Å²) >= 11 is 0. The summed E-state index contributed by atoms with van der Waals surface area (Å²) in [4.78, 5) is 29.5. The number of rotatable bonds is 9. The summed E-state index contributed by atoms with van der Waals surface area (Å²) in [5.74, 6) is -0.449. The summed E-state index contributed by atoms with van der Waals surface area (Å²) in [5, 5.41) is 0. The molecule has 4 N–H and O–H groups in total. The number of ketones is 1. The van der Waals surface area contributed by atoms with Crippen molar-refractivity contribution in [1.82, 2.24) is 4.90 Å². The summed E-state index contributed by atoms with van der Waals surface area (Å²) < 4.78 is 17.2. The number of carbonyl (C=O) groups is 2. The maximum atomic E-state index is 12.6. The van der Waals surface area contributed by atoms with Gasteiger partial charge in [0.05, 0.1) is 12.6 Å². The average Bonchev–Trinajstić information content (AvgIpc) is 2.93. The Labute approximate surface area is 152 Å². The molecular weight excluding hydrogens is 339 g/mol. The van der Waals surface area contributed by atoms with Crippen LogP contribution in [-0.2, 0) is 14.3 Å². The number of nitrogens with two attached hydrogens (primary N) is 2. The van der Waals surface area contributed by atoms with Gasteiger partial charge in [-0.05, 0) is 39.6 Å². The fourth-order valence-corrected chi connectivity index (χ4v) is 2.41. The van der Waals surface area contributed by atoms with E-state index in [0.29, 0.717) is 16.8 Å². The number of nitrogens with zero attached hydrogens (tertiary/aromatic N) is 2. The molecule has 0 saturated heterocycles. The maximum Gasteiger partial charge on any atom is 0.255 e. The predicted octanol–water partition coefficient (Wildman–Crippen LogP) is 1.34. The summed E-state index contributed by atoms with van der Waals surface area (Å²) in [6, 6.07) is -0.483. The van der Waals surface area contributed by atoms with Crippen molar-refractivity contribution in [1.29, 1.82) is 0 Å². The molecule has 1 rings (SSSR count). The van der Waals surface area contributed by atoms with Gasteiger partial charge in [-0.25, -0.2) is 4.39 Å². The van der Waals surface area contributed by atoms with E-state index in [2.05, 4.69) is 11.7 Å². The van der Waals surface area contributed by atoms with Crippen molar-refractivity contribution in [2.75, 3.05) is 19.8 Å². The number of amides is 1. The van der Waals surface area contributed by atoms with E-state index in [1.54, 1.807) is 19.9 Å². The van der Waals surface area contributed by atoms with E-state index in [9.17, 15) is 14.0 Å². The Bertz CT molecular complexity index is 707. The van der Waals surface area contributed by atoms with Crippen LogP contribution >= 0.6 is 0 Å². The van der Waals surface area contributed by atoms with Gasteiger partial charge in [-0.1, -0.05) is 0 Å². The molecule has 26 heavy (non-hydrogen) atoms. The lowest BCUT2D eigenvalue weighted by Gasteiger charge is -2.25. The van der Waals surface area contributed by atoms with Gasteiger partial charge in [0.2, 0.25) is 0 Å². The van der Waals surface area contributed by atoms with Crippen LogP contribution in [0.3, 0.4) is 0 Å². The van der Waals surface area contributed by atoms with Crippen molar-refractivity contribution in [3.05, 3.63) is 46.7 Å². The number of hydrogen-bond donors (Lipinski definition) is 2. The molecule has 8 heteroatoms. The molecule has 7 nitrogen and oxygen atoms in total. The molecule has 0 aliphatic carbocycles. The Morgan fingerprint density at radius 3 is 2.65 bits per heavy atom. The van der Waals surface area contributed by atoms with Crippen LogP contribution in [0.5, 0.6) is 0 Å². The second-order valence-electron chi connectivity index (χ2n) is 5.78. The molecule has 0 bridgehead atoms. The quantitative estimate of drug-likeness (QED) is 0.364. The number of carbonyl (C=O) groups excluding carboxylic acids is 2. The first-order chi connectivity index (χ1) is 12.2. The van der Waals surface area contributed by atoms with Gasteiger partial charge >= 0.3 is 0 Å². The summed E-state index contributed by atoms with van der Waals surface area (Å²) in [5.41, 5.74) is 13.3. The van der Waals surface area contributed by atoms with Crippen LogP contribution in [0.1, 0.15) is 20.8 Å². The first-order valence-electron chi connectivity index (χ1n) is 8.04. The molecule has 0 radical (unpaired) electrons. The lowest BCUT2D eigenvalue weighted by atomic mass is 10.1. The molecule has 1 aliphatic heterocycles. The SMILES string of the molecule is C=N/C=C\C1=C(C(C)=O)CN(C(C)/C(N)=C/C(C)=C(\N)OCCF)C1=O. The van der Waals surface area contributed by atoms with Crippen LogP contribution < -0.4 is 11.5 Å². The molecule has 0 aromatic heterocycles. The molecule has 1 aliphatic rings. The van der Waals surface area contributed by atoms with Gasteiger partial charge in [-0.2, -0.15) is 0 Å². The Balaban J connectivity index is 3.04. The molecular formula is C18H25FN4O3. The predicted molar refractivity (Wildman–Crippen MR) is 98.7 cm³/mol. The number of ether oxygens (including phenoxy) is 1. The third kappa shape index (κ3) is 5.05. The third-order valence-electron chi connectivity index (χ3n) is 3.97. The molecule has 1 atom stereocenters. The molecule has 1 unspecified atom stereocenters. The fraction of sp³-hybridized carbons (Fsp3) is 0.389. The van der Waals surface area contributed by atoms with E-state index in [1.807, 2.05) is 0 Å². The smallest absolute Gasteiger partial charge is 0.255 e. The molecule has 0 saturated carbocycles. The highest BCUT2D eigenvalue weighted by Gasteiger charge is 2.34. The molecule has 0 spiro atoms. The second-order valence-corrected chi connectivity index (χ2v) is 5.78.